The molecule has 1 heterocycles. The molecule has 5 nitrogen and oxygen atoms in total. The molecule has 0 saturated heterocycles. The van der Waals surface area contributed by atoms with Crippen LogP contribution in [-0.2, 0) is 14.3 Å². The second-order valence-electron chi connectivity index (χ2n) is 6.01. The number of carbonyl (C=O) groups is 2. The lowest BCUT2D eigenvalue weighted by Crippen LogP contribution is -2.44. The van der Waals surface area contributed by atoms with Crippen molar-refractivity contribution in [2.75, 3.05) is 12.4 Å². The molecule has 2 N–H and O–H groups in total. The lowest BCUT2D eigenvalue weighted by Gasteiger charge is -2.36. The highest BCUT2D eigenvalue weighted by molar-refractivity contribution is 8.04. The fraction of sp³-hybridized carbons (Fsp3) is 0.529. The molecule has 2 unspecified atom stereocenters. The number of carbonyl (C=O) groups excluding carboxylic acids is 1. The Kier molecular flexibility index (Phi) is 6.04. The van der Waals surface area contributed by atoms with Crippen LogP contribution in [0.5, 0.6) is 0 Å². The average Bonchev–Trinajstić information content (AvgIpc) is 2.55. The molecule has 2 aliphatic rings. The zero-order valence-electron chi connectivity index (χ0n) is 14.0. The molecule has 1 aliphatic heterocycles. The van der Waals surface area contributed by atoms with Gasteiger partial charge in [0, 0.05) is 17.9 Å². The molecule has 2 atom stereocenters. The first kappa shape index (κ1) is 18.9. The summed E-state index contributed by atoms with van der Waals surface area (Å²) in [6, 6.07) is 0. The number of carboxylic acids is 1. The van der Waals surface area contributed by atoms with Crippen molar-refractivity contribution >= 4 is 35.2 Å². The van der Waals surface area contributed by atoms with Crippen molar-refractivity contribution in [1.29, 1.82) is 0 Å². The van der Waals surface area contributed by atoms with Gasteiger partial charge in [0.2, 0.25) is 0 Å². The Balaban J connectivity index is 2.29. The molecule has 0 bridgehead atoms. The third-order valence-corrected chi connectivity index (χ3v) is 5.84. The number of hydrogen-bond donors (Lipinski definition) is 2. The smallest absolute Gasteiger partial charge is 0.315 e. The van der Waals surface area contributed by atoms with Gasteiger partial charge in [-0.2, -0.15) is 0 Å². The van der Waals surface area contributed by atoms with Crippen molar-refractivity contribution in [3.05, 3.63) is 34.6 Å². The van der Waals surface area contributed by atoms with E-state index in [1.807, 2.05) is 6.92 Å². The fourth-order valence-electron chi connectivity index (χ4n) is 2.82. The summed E-state index contributed by atoms with van der Waals surface area (Å²) in [7, 11) is 0. The number of ether oxygens (including phenoxy) is 1. The molecule has 1 amide bonds. The van der Waals surface area contributed by atoms with Crippen molar-refractivity contribution in [1.82, 2.24) is 5.32 Å². The molecular weight excluding hydrogens is 350 g/mol. The number of nitrogens with one attached hydrogen (secondary N) is 1. The van der Waals surface area contributed by atoms with E-state index in [4.69, 9.17) is 16.3 Å². The maximum atomic E-state index is 12.5. The SMILES string of the molecule is CCC1=C(C(=O)NC2=CC(C(=O)O)(C(C)C)C(Cl)C=C2)SCCO1. The van der Waals surface area contributed by atoms with E-state index in [1.54, 1.807) is 32.1 Å². The number of aliphatic carboxylic acids is 1. The van der Waals surface area contributed by atoms with E-state index in [9.17, 15) is 14.7 Å². The molecule has 0 fully saturated rings. The summed E-state index contributed by atoms with van der Waals surface area (Å²) in [6.45, 7) is 6.14. The molecule has 24 heavy (non-hydrogen) atoms. The van der Waals surface area contributed by atoms with Crippen LogP contribution in [0.4, 0.5) is 0 Å². The highest BCUT2D eigenvalue weighted by Crippen LogP contribution is 2.41. The van der Waals surface area contributed by atoms with E-state index in [1.165, 1.54) is 11.8 Å². The van der Waals surface area contributed by atoms with Crippen LogP contribution < -0.4 is 5.32 Å². The maximum Gasteiger partial charge on any atom is 0.315 e. The number of thioether (sulfide) groups is 1. The highest BCUT2D eigenvalue weighted by atomic mass is 35.5. The number of carboxylic acid groups (broad SMARTS) is 1. The Bertz CT molecular complexity index is 626. The maximum absolute atomic E-state index is 12.5. The number of halogens is 1. The highest BCUT2D eigenvalue weighted by Gasteiger charge is 2.47. The lowest BCUT2D eigenvalue weighted by atomic mass is 9.71. The van der Waals surface area contributed by atoms with Gasteiger partial charge in [-0.15, -0.1) is 23.4 Å². The van der Waals surface area contributed by atoms with Gasteiger partial charge in [-0.25, -0.2) is 0 Å². The van der Waals surface area contributed by atoms with E-state index in [-0.39, 0.29) is 11.8 Å². The van der Waals surface area contributed by atoms with E-state index >= 15 is 0 Å². The Labute approximate surface area is 151 Å². The molecule has 132 valence electrons. The average molecular weight is 372 g/mol. The summed E-state index contributed by atoms with van der Waals surface area (Å²) < 4.78 is 5.53. The van der Waals surface area contributed by atoms with Crippen LogP contribution in [0.2, 0.25) is 0 Å². The van der Waals surface area contributed by atoms with E-state index in [0.29, 0.717) is 29.4 Å². The van der Waals surface area contributed by atoms with Crippen molar-refractivity contribution in [3.8, 4) is 0 Å². The van der Waals surface area contributed by atoms with Gasteiger partial charge in [0.25, 0.3) is 5.91 Å². The summed E-state index contributed by atoms with van der Waals surface area (Å²) >= 11 is 7.72. The number of hydrogen-bond acceptors (Lipinski definition) is 4. The van der Waals surface area contributed by atoms with Crippen LogP contribution in [0.1, 0.15) is 27.2 Å². The Morgan fingerprint density at radius 3 is 2.83 bits per heavy atom. The van der Waals surface area contributed by atoms with Gasteiger partial charge in [-0.05, 0) is 18.1 Å². The Morgan fingerprint density at radius 2 is 2.25 bits per heavy atom. The molecule has 2 rings (SSSR count). The van der Waals surface area contributed by atoms with Crippen LogP contribution >= 0.6 is 23.4 Å². The van der Waals surface area contributed by atoms with Gasteiger partial charge in [0.05, 0.1) is 12.0 Å². The number of rotatable bonds is 5. The summed E-state index contributed by atoms with van der Waals surface area (Å²) in [6.07, 6.45) is 5.46. The third kappa shape index (κ3) is 3.49. The number of allylic oxidation sites excluding steroid dienone is 3. The minimum atomic E-state index is -1.25. The van der Waals surface area contributed by atoms with Gasteiger partial charge in [-0.1, -0.05) is 26.8 Å². The van der Waals surface area contributed by atoms with E-state index < -0.39 is 16.8 Å². The topological polar surface area (TPSA) is 75.6 Å². The van der Waals surface area contributed by atoms with Gasteiger partial charge in [-0.3, -0.25) is 9.59 Å². The third-order valence-electron chi connectivity index (χ3n) is 4.27. The summed E-state index contributed by atoms with van der Waals surface area (Å²) in [5.41, 5.74) is -0.806. The molecule has 1 aliphatic carbocycles. The van der Waals surface area contributed by atoms with Gasteiger partial charge in [0.15, 0.2) is 0 Å². The summed E-state index contributed by atoms with van der Waals surface area (Å²) in [5, 5.41) is 11.8. The van der Waals surface area contributed by atoms with Crippen LogP contribution in [-0.4, -0.2) is 34.7 Å². The summed E-state index contributed by atoms with van der Waals surface area (Å²) in [4.78, 5) is 24.9. The molecular formula is C17H22ClNO4S. The van der Waals surface area contributed by atoms with Crippen molar-refractivity contribution in [3.63, 3.8) is 0 Å². The standard InChI is InChI=1S/C17H22ClNO4S/c1-4-12-14(24-8-7-23-12)15(20)19-11-5-6-13(18)17(9-11,10(2)3)16(21)22/h5-6,9-10,13H,4,7-8H2,1-3H3,(H,19,20)(H,21,22). The van der Waals surface area contributed by atoms with Crippen molar-refractivity contribution < 1.29 is 19.4 Å². The largest absolute Gasteiger partial charge is 0.496 e. The minimum absolute atomic E-state index is 0.229. The van der Waals surface area contributed by atoms with Gasteiger partial charge >= 0.3 is 5.97 Å². The van der Waals surface area contributed by atoms with Gasteiger partial charge < -0.3 is 15.2 Å². The van der Waals surface area contributed by atoms with Gasteiger partial charge in [0.1, 0.15) is 16.1 Å². The van der Waals surface area contributed by atoms with Crippen molar-refractivity contribution in [2.24, 2.45) is 11.3 Å². The molecule has 0 spiro atoms. The fourth-order valence-corrected chi connectivity index (χ4v) is 4.22. The van der Waals surface area contributed by atoms with Crippen LogP contribution in [0.3, 0.4) is 0 Å². The van der Waals surface area contributed by atoms with Crippen LogP contribution in [0, 0.1) is 11.3 Å². The van der Waals surface area contributed by atoms with Crippen LogP contribution in [0.15, 0.2) is 34.6 Å². The van der Waals surface area contributed by atoms with Crippen molar-refractivity contribution in [2.45, 2.75) is 32.6 Å². The molecule has 0 aromatic heterocycles. The van der Waals surface area contributed by atoms with E-state index in [2.05, 4.69) is 5.32 Å². The molecule has 0 aromatic carbocycles. The lowest BCUT2D eigenvalue weighted by molar-refractivity contribution is -0.148. The number of amides is 1. The second-order valence-corrected chi connectivity index (χ2v) is 7.59. The summed E-state index contributed by atoms with van der Waals surface area (Å²) in [5.74, 6) is -0.114. The first-order valence-corrected chi connectivity index (χ1v) is 9.33. The minimum Gasteiger partial charge on any atom is -0.496 e. The predicted molar refractivity (Wildman–Crippen MR) is 95.6 cm³/mol. The Morgan fingerprint density at radius 1 is 1.54 bits per heavy atom. The molecule has 7 heteroatoms. The Hall–Kier alpha value is -1.40. The monoisotopic (exact) mass is 371 g/mol. The zero-order valence-corrected chi connectivity index (χ0v) is 15.5. The zero-order chi connectivity index (χ0) is 17.9. The first-order chi connectivity index (χ1) is 11.3. The van der Waals surface area contributed by atoms with Crippen LogP contribution in [0.25, 0.3) is 0 Å². The quantitative estimate of drug-likeness (QED) is 0.725. The second kappa shape index (κ2) is 7.66. The number of alkyl halides is 1. The molecule has 0 saturated carbocycles. The van der Waals surface area contributed by atoms with E-state index in [0.717, 1.165) is 5.75 Å². The normalized spacial score (nSPS) is 26.9. The molecule has 0 radical (unpaired) electrons. The predicted octanol–water partition coefficient (Wildman–Crippen LogP) is 3.28. The molecule has 0 aromatic rings. The first-order valence-electron chi connectivity index (χ1n) is 7.91.